The number of nitrogens with zero attached hydrogens (tertiary/aromatic N) is 1. The van der Waals surface area contributed by atoms with Crippen molar-refractivity contribution in [1.82, 2.24) is 15.5 Å². The predicted molar refractivity (Wildman–Crippen MR) is 86.8 cm³/mol. The van der Waals surface area contributed by atoms with Crippen LogP contribution in [-0.2, 0) is 4.79 Å². The summed E-state index contributed by atoms with van der Waals surface area (Å²) < 4.78 is 0. The minimum Gasteiger partial charge on any atom is -0.335 e. The first-order valence-electron chi connectivity index (χ1n) is 8.10. The van der Waals surface area contributed by atoms with Crippen LogP contribution in [0.15, 0.2) is 17.5 Å². The number of thiophene rings is 1. The summed E-state index contributed by atoms with van der Waals surface area (Å²) >= 11 is 1.73. The lowest BCUT2D eigenvalue weighted by molar-refractivity contribution is -0.121. The number of carbonyl (C=O) groups excluding carboxylic acids is 2. The van der Waals surface area contributed by atoms with Crippen molar-refractivity contribution in [2.75, 3.05) is 13.1 Å². The number of urea groups is 1. The molecule has 0 spiro atoms. The van der Waals surface area contributed by atoms with Crippen LogP contribution in [0.5, 0.6) is 0 Å². The second-order valence-electron chi connectivity index (χ2n) is 6.15. The molecule has 0 radical (unpaired) electrons. The van der Waals surface area contributed by atoms with E-state index < -0.39 is 0 Å². The summed E-state index contributed by atoms with van der Waals surface area (Å²) in [6.07, 6.45) is 6.55. The van der Waals surface area contributed by atoms with Crippen LogP contribution in [0, 0.1) is 0 Å². The molecule has 6 heteroatoms. The molecule has 5 nitrogen and oxygen atoms in total. The van der Waals surface area contributed by atoms with Gasteiger partial charge in [0, 0.05) is 17.0 Å². The summed E-state index contributed by atoms with van der Waals surface area (Å²) in [7, 11) is 0. The quantitative estimate of drug-likeness (QED) is 0.896. The van der Waals surface area contributed by atoms with E-state index in [1.54, 1.807) is 11.3 Å². The molecule has 1 aromatic rings. The Kier molecular flexibility index (Phi) is 5.10. The maximum Gasteiger partial charge on any atom is 0.321 e. The topological polar surface area (TPSA) is 61.4 Å². The molecule has 1 atom stereocenters. The van der Waals surface area contributed by atoms with Crippen molar-refractivity contribution in [2.45, 2.75) is 50.6 Å². The second-order valence-corrected chi connectivity index (χ2v) is 7.13. The van der Waals surface area contributed by atoms with E-state index in [-0.39, 0.29) is 18.0 Å². The standard InChI is InChI=1S/C16H23N3O2S/c20-15(18-16(21)17-12-5-1-2-6-12)11-19-9-3-7-13(19)14-8-4-10-22-14/h4,8,10,12-13H,1-3,5-7,9,11H2,(H2,17,18,20,21)/t13-/m1/s1. The second kappa shape index (κ2) is 7.24. The molecule has 2 N–H and O–H groups in total. The first kappa shape index (κ1) is 15.5. The molecule has 0 bridgehead atoms. The van der Waals surface area contributed by atoms with Crippen LogP contribution in [0.25, 0.3) is 0 Å². The fourth-order valence-corrected chi connectivity index (χ4v) is 4.36. The monoisotopic (exact) mass is 321 g/mol. The van der Waals surface area contributed by atoms with Gasteiger partial charge >= 0.3 is 6.03 Å². The first-order chi connectivity index (χ1) is 10.7. The molecule has 2 fully saturated rings. The third kappa shape index (κ3) is 3.87. The maximum atomic E-state index is 12.1. The highest BCUT2D eigenvalue weighted by atomic mass is 32.1. The van der Waals surface area contributed by atoms with Gasteiger partial charge in [-0.05, 0) is 43.7 Å². The number of imide groups is 1. The Hall–Kier alpha value is -1.40. The molecule has 3 amide bonds. The molecule has 1 aliphatic carbocycles. The van der Waals surface area contributed by atoms with E-state index >= 15 is 0 Å². The van der Waals surface area contributed by atoms with Gasteiger partial charge in [0.25, 0.3) is 0 Å². The van der Waals surface area contributed by atoms with Crippen molar-refractivity contribution in [3.63, 3.8) is 0 Å². The van der Waals surface area contributed by atoms with E-state index in [4.69, 9.17) is 0 Å². The van der Waals surface area contributed by atoms with Gasteiger partial charge in [-0.3, -0.25) is 15.0 Å². The van der Waals surface area contributed by atoms with Crippen LogP contribution < -0.4 is 10.6 Å². The number of hydrogen-bond acceptors (Lipinski definition) is 4. The van der Waals surface area contributed by atoms with Crippen molar-refractivity contribution >= 4 is 23.3 Å². The lowest BCUT2D eigenvalue weighted by Crippen LogP contribution is -2.46. The van der Waals surface area contributed by atoms with Crippen molar-refractivity contribution in [3.8, 4) is 0 Å². The Labute approximate surface area is 135 Å². The number of hydrogen-bond donors (Lipinski definition) is 2. The number of nitrogens with one attached hydrogen (secondary N) is 2. The number of rotatable bonds is 4. The van der Waals surface area contributed by atoms with Crippen LogP contribution in [0.1, 0.15) is 49.4 Å². The Bertz CT molecular complexity index is 511. The van der Waals surface area contributed by atoms with Gasteiger partial charge < -0.3 is 5.32 Å². The molecule has 3 rings (SSSR count). The van der Waals surface area contributed by atoms with E-state index in [9.17, 15) is 9.59 Å². The van der Waals surface area contributed by atoms with Gasteiger partial charge in [0.05, 0.1) is 6.54 Å². The Morgan fingerprint density at radius 3 is 2.77 bits per heavy atom. The summed E-state index contributed by atoms with van der Waals surface area (Å²) in [5.74, 6) is -0.209. The van der Waals surface area contributed by atoms with Gasteiger partial charge in [0.1, 0.15) is 0 Å². The summed E-state index contributed by atoms with van der Waals surface area (Å²) in [4.78, 5) is 27.4. The number of likely N-dealkylation sites (tertiary alicyclic amines) is 1. The van der Waals surface area contributed by atoms with Crippen molar-refractivity contribution < 1.29 is 9.59 Å². The molecule has 1 aliphatic heterocycles. The van der Waals surface area contributed by atoms with E-state index in [1.165, 1.54) is 4.88 Å². The Morgan fingerprint density at radius 2 is 2.05 bits per heavy atom. The highest BCUT2D eigenvalue weighted by Crippen LogP contribution is 2.33. The van der Waals surface area contributed by atoms with E-state index in [0.29, 0.717) is 12.6 Å². The average Bonchev–Trinajstić information content (AvgIpc) is 3.19. The van der Waals surface area contributed by atoms with Gasteiger partial charge in [0.15, 0.2) is 0 Å². The van der Waals surface area contributed by atoms with Gasteiger partial charge in [-0.1, -0.05) is 18.9 Å². The van der Waals surface area contributed by atoms with Gasteiger partial charge in [-0.15, -0.1) is 11.3 Å². The molecule has 120 valence electrons. The largest absolute Gasteiger partial charge is 0.335 e. The highest BCUT2D eigenvalue weighted by Gasteiger charge is 2.28. The van der Waals surface area contributed by atoms with Crippen molar-refractivity contribution in [3.05, 3.63) is 22.4 Å². The summed E-state index contributed by atoms with van der Waals surface area (Å²) in [5.41, 5.74) is 0. The van der Waals surface area contributed by atoms with Crippen LogP contribution in [0.4, 0.5) is 4.79 Å². The lowest BCUT2D eigenvalue weighted by atomic mass is 10.2. The third-order valence-electron chi connectivity index (χ3n) is 4.53. The molecule has 0 unspecified atom stereocenters. The van der Waals surface area contributed by atoms with Crippen LogP contribution >= 0.6 is 11.3 Å². The lowest BCUT2D eigenvalue weighted by Gasteiger charge is -2.23. The summed E-state index contributed by atoms with van der Waals surface area (Å²) in [6, 6.07) is 4.38. The minimum atomic E-state index is -0.344. The molecule has 0 aromatic carbocycles. The van der Waals surface area contributed by atoms with Crippen LogP contribution in [0.2, 0.25) is 0 Å². The third-order valence-corrected chi connectivity index (χ3v) is 5.50. The Morgan fingerprint density at radius 1 is 1.23 bits per heavy atom. The SMILES string of the molecule is O=C(CN1CCC[C@@H]1c1cccs1)NC(=O)NC1CCCC1. The number of carbonyl (C=O) groups is 2. The maximum absolute atomic E-state index is 12.1. The first-order valence-corrected chi connectivity index (χ1v) is 8.98. The van der Waals surface area contributed by atoms with Crippen LogP contribution in [-0.4, -0.2) is 36.0 Å². The van der Waals surface area contributed by atoms with Crippen molar-refractivity contribution in [1.29, 1.82) is 0 Å². The summed E-state index contributed by atoms with van der Waals surface area (Å²) in [5, 5.41) is 7.43. The smallest absolute Gasteiger partial charge is 0.321 e. The number of amides is 3. The van der Waals surface area contributed by atoms with E-state index in [2.05, 4.69) is 27.0 Å². The zero-order chi connectivity index (χ0) is 15.4. The molecular formula is C16H23N3O2S. The zero-order valence-corrected chi connectivity index (χ0v) is 13.5. The van der Waals surface area contributed by atoms with Gasteiger partial charge in [0.2, 0.25) is 5.91 Å². The van der Waals surface area contributed by atoms with Crippen molar-refractivity contribution in [2.24, 2.45) is 0 Å². The zero-order valence-electron chi connectivity index (χ0n) is 12.7. The molecule has 1 saturated carbocycles. The fraction of sp³-hybridized carbons (Fsp3) is 0.625. The molecule has 1 aromatic heterocycles. The van der Waals surface area contributed by atoms with Crippen LogP contribution in [0.3, 0.4) is 0 Å². The van der Waals surface area contributed by atoms with Gasteiger partial charge in [-0.25, -0.2) is 4.79 Å². The minimum absolute atomic E-state index is 0.209. The molecule has 2 aliphatic rings. The molecule has 22 heavy (non-hydrogen) atoms. The van der Waals surface area contributed by atoms with E-state index in [1.807, 2.05) is 6.07 Å². The summed E-state index contributed by atoms with van der Waals surface area (Å²) in [6.45, 7) is 1.21. The molecule has 2 heterocycles. The highest BCUT2D eigenvalue weighted by molar-refractivity contribution is 7.10. The average molecular weight is 321 g/mol. The van der Waals surface area contributed by atoms with E-state index in [0.717, 1.165) is 45.1 Å². The fourth-order valence-electron chi connectivity index (χ4n) is 3.46. The predicted octanol–water partition coefficient (Wildman–Crippen LogP) is 2.65. The molecular weight excluding hydrogens is 298 g/mol. The Balaban J connectivity index is 1.47. The normalized spacial score (nSPS) is 22.8. The van der Waals surface area contributed by atoms with Gasteiger partial charge in [-0.2, -0.15) is 0 Å². The molecule has 1 saturated heterocycles.